The van der Waals surface area contributed by atoms with Crippen LogP contribution in [0.1, 0.15) is 12.8 Å². The smallest absolute Gasteiger partial charge is 0.222 e. The van der Waals surface area contributed by atoms with E-state index in [2.05, 4.69) is 15.3 Å². The minimum absolute atomic E-state index is 0.191. The Kier molecular flexibility index (Phi) is 2.43. The molecule has 4 N–H and O–H groups in total. The number of aromatic nitrogens is 2. The molecule has 1 aliphatic carbocycles. The Morgan fingerprint density at radius 2 is 2.29 bits per heavy atom. The fourth-order valence-electron chi connectivity index (χ4n) is 1.38. The summed E-state index contributed by atoms with van der Waals surface area (Å²) in [4.78, 5) is 7.71. The fourth-order valence-corrected chi connectivity index (χ4v) is 1.53. The van der Waals surface area contributed by atoms with Gasteiger partial charge in [0.25, 0.3) is 0 Å². The van der Waals surface area contributed by atoms with Crippen LogP contribution in [0, 0.1) is 0 Å². The average Bonchev–Trinajstić information content (AvgIpc) is 2.09. The van der Waals surface area contributed by atoms with Gasteiger partial charge < -0.3 is 16.2 Å². The summed E-state index contributed by atoms with van der Waals surface area (Å²) in [6, 6.07) is 0.233. The third-order valence-corrected chi connectivity index (χ3v) is 2.49. The van der Waals surface area contributed by atoms with Crippen molar-refractivity contribution in [3.63, 3.8) is 0 Å². The molecule has 1 aliphatic rings. The topological polar surface area (TPSA) is 84.1 Å². The number of nitrogen functional groups attached to an aromatic ring is 1. The van der Waals surface area contributed by atoms with Crippen LogP contribution in [0.5, 0.6) is 0 Å². The molecule has 0 aromatic carbocycles. The molecule has 0 saturated heterocycles. The lowest BCUT2D eigenvalue weighted by Gasteiger charge is -2.32. The van der Waals surface area contributed by atoms with Gasteiger partial charge in [-0.15, -0.1) is 0 Å². The summed E-state index contributed by atoms with van der Waals surface area (Å²) < 4.78 is 0. The molecule has 0 radical (unpaired) electrons. The zero-order valence-corrected chi connectivity index (χ0v) is 8.20. The fraction of sp³-hybridized carbons (Fsp3) is 0.500. The van der Waals surface area contributed by atoms with Crippen molar-refractivity contribution in [2.75, 3.05) is 11.1 Å². The maximum Gasteiger partial charge on any atom is 0.222 e. The summed E-state index contributed by atoms with van der Waals surface area (Å²) >= 11 is 5.85. The first-order chi connectivity index (χ1) is 6.65. The van der Waals surface area contributed by atoms with Gasteiger partial charge in [-0.25, -0.2) is 4.98 Å². The SMILES string of the molecule is Nc1ncc(Cl)c(NC2CC(O)C2)n1. The molecule has 0 aliphatic heterocycles. The molecule has 6 heteroatoms. The lowest BCUT2D eigenvalue weighted by atomic mass is 9.89. The minimum Gasteiger partial charge on any atom is -0.393 e. The van der Waals surface area contributed by atoms with Gasteiger partial charge in [0.2, 0.25) is 5.95 Å². The van der Waals surface area contributed by atoms with Gasteiger partial charge in [0.15, 0.2) is 5.82 Å². The van der Waals surface area contributed by atoms with Crippen LogP contribution >= 0.6 is 11.6 Å². The van der Waals surface area contributed by atoms with E-state index in [1.807, 2.05) is 0 Å². The largest absolute Gasteiger partial charge is 0.393 e. The molecule has 0 amide bonds. The van der Waals surface area contributed by atoms with Gasteiger partial charge >= 0.3 is 0 Å². The van der Waals surface area contributed by atoms with E-state index in [-0.39, 0.29) is 18.1 Å². The molecule has 1 heterocycles. The number of hydrogen-bond acceptors (Lipinski definition) is 5. The van der Waals surface area contributed by atoms with Crippen molar-refractivity contribution in [1.82, 2.24) is 9.97 Å². The van der Waals surface area contributed by atoms with E-state index in [4.69, 9.17) is 22.4 Å². The molecule has 0 bridgehead atoms. The molecule has 76 valence electrons. The average molecular weight is 215 g/mol. The molecule has 0 atom stereocenters. The maximum atomic E-state index is 9.09. The summed E-state index contributed by atoms with van der Waals surface area (Å²) in [5.74, 6) is 0.729. The summed E-state index contributed by atoms with van der Waals surface area (Å²) in [7, 11) is 0. The Morgan fingerprint density at radius 3 is 2.93 bits per heavy atom. The first-order valence-corrected chi connectivity index (χ1v) is 4.75. The van der Waals surface area contributed by atoms with Crippen LogP contribution < -0.4 is 11.1 Å². The monoisotopic (exact) mass is 214 g/mol. The number of nitrogens with two attached hydrogens (primary N) is 1. The van der Waals surface area contributed by atoms with Crippen LogP contribution in [-0.4, -0.2) is 27.2 Å². The normalized spacial score (nSPS) is 25.6. The zero-order chi connectivity index (χ0) is 10.1. The Labute approximate surface area is 86.3 Å². The number of nitrogens with zero attached hydrogens (tertiary/aromatic N) is 2. The third kappa shape index (κ3) is 1.88. The standard InChI is InChI=1S/C8H11ClN4O/c9-6-3-11-8(10)13-7(6)12-4-1-5(14)2-4/h3-5,14H,1-2H2,(H3,10,11,12,13). The Bertz CT molecular complexity index is 340. The quantitative estimate of drug-likeness (QED) is 0.673. The lowest BCUT2D eigenvalue weighted by Crippen LogP contribution is -2.39. The highest BCUT2D eigenvalue weighted by molar-refractivity contribution is 6.32. The van der Waals surface area contributed by atoms with Crippen molar-refractivity contribution in [3.8, 4) is 0 Å². The van der Waals surface area contributed by atoms with Crippen LogP contribution in [0.2, 0.25) is 5.02 Å². The molecule has 1 fully saturated rings. The highest BCUT2D eigenvalue weighted by atomic mass is 35.5. The highest BCUT2D eigenvalue weighted by Crippen LogP contribution is 2.26. The number of halogens is 1. The zero-order valence-electron chi connectivity index (χ0n) is 7.44. The first kappa shape index (κ1) is 9.48. The first-order valence-electron chi connectivity index (χ1n) is 4.38. The van der Waals surface area contributed by atoms with E-state index in [0.717, 1.165) is 12.8 Å². The van der Waals surface area contributed by atoms with Gasteiger partial charge in [0.1, 0.15) is 5.02 Å². The van der Waals surface area contributed by atoms with Crippen molar-refractivity contribution >= 4 is 23.4 Å². The van der Waals surface area contributed by atoms with E-state index >= 15 is 0 Å². The molecule has 0 unspecified atom stereocenters. The van der Waals surface area contributed by atoms with Gasteiger partial charge in [-0.1, -0.05) is 11.6 Å². The molecule has 1 aromatic heterocycles. The van der Waals surface area contributed by atoms with E-state index in [1.54, 1.807) is 0 Å². The van der Waals surface area contributed by atoms with Gasteiger partial charge in [0, 0.05) is 6.04 Å². The van der Waals surface area contributed by atoms with Crippen LogP contribution in [0.4, 0.5) is 11.8 Å². The number of nitrogens with one attached hydrogen (secondary N) is 1. The molecule has 14 heavy (non-hydrogen) atoms. The summed E-state index contributed by atoms with van der Waals surface area (Å²) in [5.41, 5.74) is 5.42. The van der Waals surface area contributed by atoms with E-state index < -0.39 is 0 Å². The second kappa shape index (κ2) is 3.59. The van der Waals surface area contributed by atoms with Crippen molar-refractivity contribution < 1.29 is 5.11 Å². The molecule has 1 saturated carbocycles. The summed E-state index contributed by atoms with van der Waals surface area (Å²) in [5, 5.41) is 12.6. The third-order valence-electron chi connectivity index (χ3n) is 2.22. The van der Waals surface area contributed by atoms with Gasteiger partial charge in [-0.2, -0.15) is 4.98 Å². The molecular weight excluding hydrogens is 204 g/mol. The number of anilines is 2. The Balaban J connectivity index is 2.05. The van der Waals surface area contributed by atoms with E-state index in [1.165, 1.54) is 6.20 Å². The lowest BCUT2D eigenvalue weighted by molar-refractivity contribution is 0.0835. The second-order valence-electron chi connectivity index (χ2n) is 3.39. The Morgan fingerprint density at radius 1 is 1.57 bits per heavy atom. The summed E-state index contributed by atoms with van der Waals surface area (Å²) in [6.45, 7) is 0. The number of aliphatic hydroxyl groups excluding tert-OH is 1. The maximum absolute atomic E-state index is 9.09. The Hall–Kier alpha value is -1.07. The van der Waals surface area contributed by atoms with Crippen LogP contribution in [0.3, 0.4) is 0 Å². The van der Waals surface area contributed by atoms with Gasteiger partial charge in [0.05, 0.1) is 12.3 Å². The molecular formula is C8H11ClN4O. The molecule has 1 aromatic rings. The molecule has 5 nitrogen and oxygen atoms in total. The number of hydrogen-bond donors (Lipinski definition) is 3. The molecule has 0 spiro atoms. The van der Waals surface area contributed by atoms with Crippen molar-refractivity contribution in [3.05, 3.63) is 11.2 Å². The van der Waals surface area contributed by atoms with Gasteiger partial charge in [-0.05, 0) is 12.8 Å². The van der Waals surface area contributed by atoms with Crippen molar-refractivity contribution in [1.29, 1.82) is 0 Å². The number of aliphatic hydroxyl groups is 1. The predicted molar refractivity (Wildman–Crippen MR) is 54.1 cm³/mol. The van der Waals surface area contributed by atoms with Crippen LogP contribution in [-0.2, 0) is 0 Å². The highest BCUT2D eigenvalue weighted by Gasteiger charge is 2.27. The van der Waals surface area contributed by atoms with E-state index in [0.29, 0.717) is 10.8 Å². The minimum atomic E-state index is -0.203. The number of rotatable bonds is 2. The molecule has 2 rings (SSSR count). The van der Waals surface area contributed by atoms with Crippen molar-refractivity contribution in [2.24, 2.45) is 0 Å². The van der Waals surface area contributed by atoms with E-state index in [9.17, 15) is 0 Å². The predicted octanol–water partition coefficient (Wildman–Crippen LogP) is 0.647. The van der Waals surface area contributed by atoms with Gasteiger partial charge in [-0.3, -0.25) is 0 Å². The van der Waals surface area contributed by atoms with Crippen LogP contribution in [0.15, 0.2) is 6.20 Å². The van der Waals surface area contributed by atoms with Crippen molar-refractivity contribution in [2.45, 2.75) is 25.0 Å². The second-order valence-corrected chi connectivity index (χ2v) is 3.80. The summed E-state index contributed by atoms with van der Waals surface area (Å²) in [6.07, 6.45) is 2.70. The van der Waals surface area contributed by atoms with Crippen LogP contribution in [0.25, 0.3) is 0 Å².